The lowest BCUT2D eigenvalue weighted by molar-refractivity contribution is 1.17. The van der Waals surface area contributed by atoms with Crippen LogP contribution in [0.5, 0.6) is 0 Å². The quantitative estimate of drug-likeness (QED) is 0.619. The number of hydrogen-bond donors (Lipinski definition) is 1. The average molecular weight is 128 g/mol. The summed E-state index contributed by atoms with van der Waals surface area (Å²) in [5.41, 5.74) is 7.22. The summed E-state index contributed by atoms with van der Waals surface area (Å²) < 4.78 is 0. The van der Waals surface area contributed by atoms with Crippen molar-refractivity contribution in [2.24, 2.45) is 0 Å². The summed E-state index contributed by atoms with van der Waals surface area (Å²) in [5, 5.41) is 0. The first-order valence-corrected chi connectivity index (χ1v) is 3.40. The van der Waals surface area contributed by atoms with E-state index in [0.717, 1.165) is 6.42 Å². The topological polar surface area (TPSA) is 38.9 Å². The van der Waals surface area contributed by atoms with E-state index in [4.69, 9.17) is 5.73 Å². The molecule has 0 radical (unpaired) electrons. The minimum absolute atomic E-state index is 0.692. The molecule has 8 heavy (non-hydrogen) atoms. The molecule has 3 heteroatoms. The van der Waals surface area contributed by atoms with Crippen LogP contribution in [-0.4, -0.2) is 4.98 Å². The van der Waals surface area contributed by atoms with E-state index in [0.29, 0.717) is 5.82 Å². The SMILES string of the molecule is CCc1scnc1N. The van der Waals surface area contributed by atoms with Gasteiger partial charge in [-0.15, -0.1) is 11.3 Å². The van der Waals surface area contributed by atoms with Crippen molar-refractivity contribution in [1.82, 2.24) is 4.98 Å². The van der Waals surface area contributed by atoms with Gasteiger partial charge in [0.2, 0.25) is 0 Å². The fourth-order valence-corrected chi connectivity index (χ4v) is 1.18. The van der Waals surface area contributed by atoms with Crippen molar-refractivity contribution >= 4 is 17.2 Å². The summed E-state index contributed by atoms with van der Waals surface area (Å²) in [6.07, 6.45) is 0.997. The molecule has 0 amide bonds. The number of anilines is 1. The second-order valence-corrected chi connectivity index (χ2v) is 2.45. The fraction of sp³-hybridized carbons (Fsp3) is 0.400. The van der Waals surface area contributed by atoms with E-state index in [1.54, 1.807) is 16.8 Å². The Bertz CT molecular complexity index is 171. The van der Waals surface area contributed by atoms with Gasteiger partial charge in [0.25, 0.3) is 0 Å². The Labute approximate surface area is 52.4 Å². The maximum absolute atomic E-state index is 5.45. The van der Waals surface area contributed by atoms with Gasteiger partial charge >= 0.3 is 0 Å². The maximum Gasteiger partial charge on any atom is 0.137 e. The van der Waals surface area contributed by atoms with Crippen LogP contribution in [0.15, 0.2) is 5.51 Å². The van der Waals surface area contributed by atoms with E-state index in [2.05, 4.69) is 11.9 Å². The number of aryl methyl sites for hydroxylation is 1. The normalized spacial score (nSPS) is 9.62. The van der Waals surface area contributed by atoms with E-state index < -0.39 is 0 Å². The van der Waals surface area contributed by atoms with Crippen LogP contribution in [0.25, 0.3) is 0 Å². The zero-order chi connectivity index (χ0) is 5.98. The van der Waals surface area contributed by atoms with E-state index in [1.165, 1.54) is 4.88 Å². The molecular formula is C5H8N2S. The summed E-state index contributed by atoms with van der Waals surface area (Å²) in [6, 6.07) is 0. The second kappa shape index (κ2) is 2.13. The van der Waals surface area contributed by atoms with Crippen LogP contribution in [0.1, 0.15) is 11.8 Å². The van der Waals surface area contributed by atoms with E-state index in [1.807, 2.05) is 0 Å². The van der Waals surface area contributed by atoms with Gasteiger partial charge in [-0.3, -0.25) is 0 Å². The summed E-state index contributed by atoms with van der Waals surface area (Å²) in [4.78, 5) is 5.07. The molecule has 0 aromatic carbocycles. The molecule has 0 aliphatic heterocycles. The Morgan fingerprint density at radius 1 is 1.88 bits per heavy atom. The lowest BCUT2D eigenvalue weighted by Gasteiger charge is -1.85. The van der Waals surface area contributed by atoms with Crippen LogP contribution in [0.3, 0.4) is 0 Å². The number of hydrogen-bond acceptors (Lipinski definition) is 3. The van der Waals surface area contributed by atoms with Crippen molar-refractivity contribution in [2.75, 3.05) is 5.73 Å². The standard InChI is InChI=1S/C5H8N2S/c1-2-4-5(6)7-3-8-4/h3H,2,6H2,1H3. The van der Waals surface area contributed by atoms with Gasteiger partial charge in [0.15, 0.2) is 0 Å². The molecule has 0 atom stereocenters. The Morgan fingerprint density at radius 2 is 2.62 bits per heavy atom. The van der Waals surface area contributed by atoms with Crippen LogP contribution in [0, 0.1) is 0 Å². The smallest absolute Gasteiger partial charge is 0.137 e. The van der Waals surface area contributed by atoms with Crippen molar-refractivity contribution in [1.29, 1.82) is 0 Å². The minimum atomic E-state index is 0.692. The highest BCUT2D eigenvalue weighted by atomic mass is 32.1. The molecule has 0 fully saturated rings. The van der Waals surface area contributed by atoms with Crippen molar-refractivity contribution in [3.05, 3.63) is 10.4 Å². The molecular weight excluding hydrogens is 120 g/mol. The first-order valence-electron chi connectivity index (χ1n) is 2.52. The Morgan fingerprint density at radius 3 is 2.88 bits per heavy atom. The molecule has 0 aliphatic carbocycles. The highest BCUT2D eigenvalue weighted by Gasteiger charge is 1.95. The van der Waals surface area contributed by atoms with E-state index in [-0.39, 0.29) is 0 Å². The Balaban J connectivity index is 2.92. The maximum atomic E-state index is 5.45. The number of nitrogens with zero attached hydrogens (tertiary/aromatic N) is 1. The number of rotatable bonds is 1. The minimum Gasteiger partial charge on any atom is -0.383 e. The zero-order valence-electron chi connectivity index (χ0n) is 4.72. The molecule has 1 aromatic rings. The molecule has 0 aliphatic rings. The average Bonchev–Trinajstić information content (AvgIpc) is 2.14. The van der Waals surface area contributed by atoms with Gasteiger partial charge < -0.3 is 5.73 Å². The number of thiazole rings is 1. The largest absolute Gasteiger partial charge is 0.383 e. The summed E-state index contributed by atoms with van der Waals surface area (Å²) in [6.45, 7) is 2.07. The predicted molar refractivity (Wildman–Crippen MR) is 35.9 cm³/mol. The molecule has 2 nitrogen and oxygen atoms in total. The molecule has 1 aromatic heterocycles. The number of nitrogen functional groups attached to an aromatic ring is 1. The first kappa shape index (κ1) is 5.56. The molecule has 1 rings (SSSR count). The van der Waals surface area contributed by atoms with Gasteiger partial charge in [0.05, 0.1) is 5.51 Å². The van der Waals surface area contributed by atoms with Gasteiger partial charge in [0.1, 0.15) is 5.82 Å². The molecule has 0 saturated heterocycles. The first-order chi connectivity index (χ1) is 3.84. The summed E-state index contributed by atoms with van der Waals surface area (Å²) in [7, 11) is 0. The van der Waals surface area contributed by atoms with Crippen molar-refractivity contribution in [2.45, 2.75) is 13.3 Å². The lowest BCUT2D eigenvalue weighted by atomic mass is 10.4. The van der Waals surface area contributed by atoms with Gasteiger partial charge in [-0.25, -0.2) is 4.98 Å². The van der Waals surface area contributed by atoms with E-state index >= 15 is 0 Å². The highest BCUT2D eigenvalue weighted by Crippen LogP contribution is 2.14. The molecule has 2 N–H and O–H groups in total. The zero-order valence-corrected chi connectivity index (χ0v) is 5.53. The number of nitrogens with two attached hydrogens (primary N) is 1. The van der Waals surface area contributed by atoms with Crippen LogP contribution in [-0.2, 0) is 6.42 Å². The molecule has 0 spiro atoms. The van der Waals surface area contributed by atoms with Gasteiger partial charge in [-0.1, -0.05) is 6.92 Å². The molecule has 0 bridgehead atoms. The highest BCUT2D eigenvalue weighted by molar-refractivity contribution is 7.10. The van der Waals surface area contributed by atoms with Crippen LogP contribution >= 0.6 is 11.3 Å². The van der Waals surface area contributed by atoms with Crippen molar-refractivity contribution in [3.63, 3.8) is 0 Å². The van der Waals surface area contributed by atoms with Gasteiger partial charge in [0, 0.05) is 4.88 Å². The van der Waals surface area contributed by atoms with E-state index in [9.17, 15) is 0 Å². The third-order valence-corrected chi connectivity index (χ3v) is 1.99. The molecule has 44 valence electrons. The molecule has 0 saturated carbocycles. The summed E-state index contributed by atoms with van der Waals surface area (Å²) >= 11 is 1.61. The van der Waals surface area contributed by atoms with Gasteiger partial charge in [-0.2, -0.15) is 0 Å². The van der Waals surface area contributed by atoms with Gasteiger partial charge in [-0.05, 0) is 6.42 Å². The Kier molecular flexibility index (Phi) is 1.48. The molecule has 1 heterocycles. The van der Waals surface area contributed by atoms with Crippen LogP contribution in [0.2, 0.25) is 0 Å². The Hall–Kier alpha value is -0.570. The molecule has 0 unspecified atom stereocenters. The lowest BCUT2D eigenvalue weighted by Crippen LogP contribution is -1.87. The van der Waals surface area contributed by atoms with Crippen LogP contribution < -0.4 is 5.73 Å². The van der Waals surface area contributed by atoms with Crippen molar-refractivity contribution < 1.29 is 0 Å². The number of aromatic nitrogens is 1. The summed E-state index contributed by atoms with van der Waals surface area (Å²) in [5.74, 6) is 0.692. The monoisotopic (exact) mass is 128 g/mol. The fourth-order valence-electron chi connectivity index (χ4n) is 0.544. The third-order valence-electron chi connectivity index (χ3n) is 0.994. The van der Waals surface area contributed by atoms with Crippen LogP contribution in [0.4, 0.5) is 5.82 Å². The van der Waals surface area contributed by atoms with Crippen molar-refractivity contribution in [3.8, 4) is 0 Å². The second-order valence-electron chi connectivity index (χ2n) is 1.51. The predicted octanol–water partition coefficient (Wildman–Crippen LogP) is 1.29. The third kappa shape index (κ3) is 0.816.